The van der Waals surface area contributed by atoms with Gasteiger partial charge in [0, 0.05) is 35.6 Å². The maximum absolute atomic E-state index is 5.92. The number of hydrogen-bond acceptors (Lipinski definition) is 2. The van der Waals surface area contributed by atoms with Crippen molar-refractivity contribution < 1.29 is 4.74 Å². The van der Waals surface area contributed by atoms with Crippen molar-refractivity contribution >= 4 is 10.9 Å². The second-order valence-electron chi connectivity index (χ2n) is 5.81. The molecule has 0 spiro atoms. The van der Waals surface area contributed by atoms with Gasteiger partial charge in [-0.2, -0.15) is 0 Å². The fourth-order valence-electron chi connectivity index (χ4n) is 3.17. The van der Waals surface area contributed by atoms with E-state index in [9.17, 15) is 0 Å². The van der Waals surface area contributed by atoms with Crippen LogP contribution >= 0.6 is 0 Å². The molecule has 3 aromatic rings. The summed E-state index contributed by atoms with van der Waals surface area (Å²) in [5.41, 5.74) is 5.23. The number of hydrogen-bond donors (Lipinski definition) is 2. The fourth-order valence-corrected chi connectivity index (χ4v) is 3.17. The van der Waals surface area contributed by atoms with Gasteiger partial charge in [0.1, 0.15) is 12.4 Å². The molecule has 1 aromatic heterocycles. The van der Waals surface area contributed by atoms with Gasteiger partial charge in [0.25, 0.3) is 0 Å². The lowest BCUT2D eigenvalue weighted by atomic mass is 10.1. The highest BCUT2D eigenvalue weighted by Gasteiger charge is 2.14. The monoisotopic (exact) mass is 292 g/mol. The zero-order valence-electron chi connectivity index (χ0n) is 12.6. The molecule has 0 radical (unpaired) electrons. The second kappa shape index (κ2) is 5.85. The van der Waals surface area contributed by atoms with E-state index in [1.54, 1.807) is 0 Å². The minimum atomic E-state index is 0.608. The summed E-state index contributed by atoms with van der Waals surface area (Å²) in [6.07, 6.45) is 2.17. The summed E-state index contributed by atoms with van der Waals surface area (Å²) in [6, 6.07) is 16.7. The molecule has 0 atom stereocenters. The molecule has 0 bridgehead atoms. The van der Waals surface area contributed by atoms with Crippen molar-refractivity contribution in [2.24, 2.45) is 0 Å². The van der Waals surface area contributed by atoms with E-state index in [2.05, 4.69) is 40.6 Å². The van der Waals surface area contributed by atoms with E-state index in [0.29, 0.717) is 6.61 Å². The minimum absolute atomic E-state index is 0.608. The van der Waals surface area contributed by atoms with Crippen molar-refractivity contribution in [3.05, 3.63) is 65.4 Å². The van der Waals surface area contributed by atoms with Crippen LogP contribution in [0.5, 0.6) is 5.75 Å². The summed E-state index contributed by atoms with van der Waals surface area (Å²) < 4.78 is 5.92. The van der Waals surface area contributed by atoms with Gasteiger partial charge >= 0.3 is 0 Å². The average Bonchev–Trinajstić information content (AvgIpc) is 2.74. The van der Waals surface area contributed by atoms with E-state index in [1.165, 1.54) is 27.7 Å². The average molecular weight is 292 g/mol. The lowest BCUT2D eigenvalue weighted by Crippen LogP contribution is -2.16. The normalized spacial score (nSPS) is 14.5. The van der Waals surface area contributed by atoms with E-state index in [-0.39, 0.29) is 0 Å². The Morgan fingerprint density at radius 3 is 2.73 bits per heavy atom. The predicted octanol–water partition coefficient (Wildman–Crippen LogP) is 3.44. The van der Waals surface area contributed by atoms with Crippen LogP contribution in [0.15, 0.2) is 48.5 Å². The van der Waals surface area contributed by atoms with Gasteiger partial charge in [-0.05, 0) is 36.2 Å². The van der Waals surface area contributed by atoms with Crippen LogP contribution in [-0.4, -0.2) is 18.1 Å². The first-order valence-electron chi connectivity index (χ1n) is 7.91. The molecular formula is C19H20N2O. The molecule has 0 unspecified atom stereocenters. The third kappa shape index (κ3) is 2.60. The molecule has 0 saturated carbocycles. The van der Waals surface area contributed by atoms with Gasteiger partial charge in [-0.15, -0.1) is 0 Å². The summed E-state index contributed by atoms with van der Waals surface area (Å²) in [5.74, 6) is 0.922. The summed E-state index contributed by atoms with van der Waals surface area (Å²) in [7, 11) is 0. The number of aromatic nitrogens is 1. The van der Waals surface area contributed by atoms with Crippen molar-refractivity contribution in [2.75, 3.05) is 13.1 Å². The lowest BCUT2D eigenvalue weighted by molar-refractivity contribution is 0.306. The SMILES string of the molecule is c1ccc(COc2ccc3c4c([nH]c3c2)CCNCC4)cc1. The Bertz CT molecular complexity index is 777. The first-order chi connectivity index (χ1) is 10.9. The summed E-state index contributed by atoms with van der Waals surface area (Å²) in [5, 5.41) is 4.79. The van der Waals surface area contributed by atoms with Crippen molar-refractivity contribution in [2.45, 2.75) is 19.4 Å². The van der Waals surface area contributed by atoms with Crippen LogP contribution in [0.4, 0.5) is 0 Å². The Labute approximate surface area is 130 Å². The number of rotatable bonds is 3. The van der Waals surface area contributed by atoms with Gasteiger partial charge in [0.05, 0.1) is 0 Å². The molecule has 112 valence electrons. The first kappa shape index (κ1) is 13.4. The Hall–Kier alpha value is -2.26. The molecule has 4 rings (SSSR count). The Kier molecular flexibility index (Phi) is 3.57. The molecule has 0 aliphatic carbocycles. The zero-order valence-corrected chi connectivity index (χ0v) is 12.6. The predicted molar refractivity (Wildman–Crippen MR) is 89.4 cm³/mol. The number of benzene rings is 2. The molecule has 3 heteroatoms. The molecule has 2 aromatic carbocycles. The quantitative estimate of drug-likeness (QED) is 0.776. The number of nitrogens with one attached hydrogen (secondary N) is 2. The summed E-state index contributed by atoms with van der Waals surface area (Å²) >= 11 is 0. The Balaban J connectivity index is 1.58. The van der Waals surface area contributed by atoms with Crippen molar-refractivity contribution in [3.63, 3.8) is 0 Å². The van der Waals surface area contributed by atoms with Crippen LogP contribution in [0.2, 0.25) is 0 Å². The van der Waals surface area contributed by atoms with Gasteiger partial charge in [0.2, 0.25) is 0 Å². The zero-order chi connectivity index (χ0) is 14.8. The fraction of sp³-hybridized carbons (Fsp3) is 0.263. The Morgan fingerprint density at radius 1 is 0.955 bits per heavy atom. The molecular weight excluding hydrogens is 272 g/mol. The molecule has 0 fully saturated rings. The molecule has 2 N–H and O–H groups in total. The molecule has 0 saturated heterocycles. The standard InChI is InChI=1S/C19H20N2O/c1-2-4-14(5-3-1)13-22-15-6-7-16-17-8-10-20-11-9-18(17)21-19(16)12-15/h1-7,12,20-21H,8-11,13H2. The third-order valence-corrected chi connectivity index (χ3v) is 4.32. The summed E-state index contributed by atoms with van der Waals surface area (Å²) in [6.45, 7) is 2.72. The van der Waals surface area contributed by atoms with Crippen LogP contribution in [0.25, 0.3) is 10.9 Å². The van der Waals surface area contributed by atoms with Gasteiger partial charge in [0.15, 0.2) is 0 Å². The molecule has 1 aliphatic heterocycles. The molecule has 1 aliphatic rings. The van der Waals surface area contributed by atoms with Crippen LogP contribution < -0.4 is 10.1 Å². The Morgan fingerprint density at radius 2 is 1.82 bits per heavy atom. The van der Waals surface area contributed by atoms with E-state index in [0.717, 1.165) is 31.7 Å². The van der Waals surface area contributed by atoms with E-state index in [1.807, 2.05) is 18.2 Å². The van der Waals surface area contributed by atoms with Gasteiger partial charge in [-0.1, -0.05) is 30.3 Å². The summed E-state index contributed by atoms with van der Waals surface area (Å²) in [4.78, 5) is 3.57. The number of ether oxygens (including phenoxy) is 1. The van der Waals surface area contributed by atoms with E-state index in [4.69, 9.17) is 4.74 Å². The number of fused-ring (bicyclic) bond motifs is 3. The topological polar surface area (TPSA) is 37.0 Å². The van der Waals surface area contributed by atoms with E-state index >= 15 is 0 Å². The third-order valence-electron chi connectivity index (χ3n) is 4.32. The molecule has 0 amide bonds. The maximum Gasteiger partial charge on any atom is 0.121 e. The van der Waals surface area contributed by atoms with Gasteiger partial charge in [-0.3, -0.25) is 0 Å². The lowest BCUT2D eigenvalue weighted by Gasteiger charge is -2.06. The highest BCUT2D eigenvalue weighted by Crippen LogP contribution is 2.28. The van der Waals surface area contributed by atoms with Crippen LogP contribution in [0, 0.1) is 0 Å². The smallest absolute Gasteiger partial charge is 0.121 e. The largest absolute Gasteiger partial charge is 0.489 e. The number of aromatic amines is 1. The first-order valence-corrected chi connectivity index (χ1v) is 7.91. The number of H-pyrrole nitrogens is 1. The van der Waals surface area contributed by atoms with Crippen LogP contribution in [0.1, 0.15) is 16.8 Å². The van der Waals surface area contributed by atoms with Crippen LogP contribution in [-0.2, 0) is 19.4 Å². The highest BCUT2D eigenvalue weighted by molar-refractivity contribution is 5.86. The molecule has 22 heavy (non-hydrogen) atoms. The van der Waals surface area contributed by atoms with Crippen molar-refractivity contribution in [1.82, 2.24) is 10.3 Å². The van der Waals surface area contributed by atoms with Crippen molar-refractivity contribution in [3.8, 4) is 5.75 Å². The minimum Gasteiger partial charge on any atom is -0.489 e. The highest BCUT2D eigenvalue weighted by atomic mass is 16.5. The van der Waals surface area contributed by atoms with Crippen molar-refractivity contribution in [1.29, 1.82) is 0 Å². The van der Waals surface area contributed by atoms with E-state index < -0.39 is 0 Å². The van der Waals surface area contributed by atoms with Gasteiger partial charge in [-0.25, -0.2) is 0 Å². The second-order valence-corrected chi connectivity index (χ2v) is 5.81. The molecule has 2 heterocycles. The van der Waals surface area contributed by atoms with Crippen LogP contribution in [0.3, 0.4) is 0 Å². The maximum atomic E-state index is 5.92. The molecule has 3 nitrogen and oxygen atoms in total. The van der Waals surface area contributed by atoms with Gasteiger partial charge < -0.3 is 15.0 Å².